The summed E-state index contributed by atoms with van der Waals surface area (Å²) in [5.74, 6) is 1.96. The first-order valence-electron chi connectivity index (χ1n) is 11.2. The molecule has 0 aromatic carbocycles. The smallest absolute Gasteiger partial charge is 0.198 e. The quantitative estimate of drug-likeness (QED) is 0.396. The van der Waals surface area contributed by atoms with Crippen LogP contribution in [0.1, 0.15) is 84.5 Å². The number of aromatic nitrogens is 2. The first-order chi connectivity index (χ1) is 14.6. The molecule has 158 valence electrons. The van der Waals surface area contributed by atoms with Crippen LogP contribution in [0.4, 0.5) is 0 Å². The summed E-state index contributed by atoms with van der Waals surface area (Å²) in [7, 11) is 0. The maximum atomic E-state index is 10.6. The normalized spacial score (nSPS) is 26.8. The maximum absolute atomic E-state index is 10.6. The van der Waals surface area contributed by atoms with Gasteiger partial charge in [-0.2, -0.15) is 0 Å². The minimum Gasteiger partial charge on any atom is -0.494 e. The summed E-state index contributed by atoms with van der Waals surface area (Å²) in [4.78, 5) is 0. The van der Waals surface area contributed by atoms with Crippen LogP contribution in [0.25, 0.3) is 0 Å². The van der Waals surface area contributed by atoms with Gasteiger partial charge in [0.05, 0.1) is 0 Å². The van der Waals surface area contributed by atoms with E-state index in [4.69, 9.17) is 0 Å². The van der Waals surface area contributed by atoms with E-state index in [0.29, 0.717) is 13.1 Å². The molecule has 0 amide bonds. The third-order valence-corrected chi connectivity index (χ3v) is 7.73. The molecule has 2 aromatic rings. The van der Waals surface area contributed by atoms with Gasteiger partial charge < -0.3 is 20.4 Å². The number of unbranched alkanes of at least 4 members (excludes halogenated alkanes) is 3. The van der Waals surface area contributed by atoms with E-state index in [0.717, 1.165) is 60.8 Å². The third kappa shape index (κ3) is 2.30. The van der Waals surface area contributed by atoms with Gasteiger partial charge in [0.15, 0.2) is 23.5 Å². The average Bonchev–Trinajstić information content (AvgIpc) is 3.56. The van der Waals surface area contributed by atoms with Gasteiger partial charge in [0, 0.05) is 59.0 Å². The summed E-state index contributed by atoms with van der Waals surface area (Å²) >= 11 is 0. The van der Waals surface area contributed by atoms with Crippen LogP contribution < -0.4 is 0 Å². The Labute approximate surface area is 175 Å². The summed E-state index contributed by atoms with van der Waals surface area (Å²) in [5, 5.41) is 42.3. The molecule has 6 rings (SSSR count). The Morgan fingerprint density at radius 2 is 0.833 bits per heavy atom. The van der Waals surface area contributed by atoms with Crippen LogP contribution in [0.15, 0.2) is 24.3 Å². The summed E-state index contributed by atoms with van der Waals surface area (Å²) in [6.07, 6.45) is 14.2. The van der Waals surface area contributed by atoms with Crippen molar-refractivity contribution in [3.05, 3.63) is 46.6 Å². The van der Waals surface area contributed by atoms with Gasteiger partial charge in [0.25, 0.3) is 0 Å². The van der Waals surface area contributed by atoms with Gasteiger partial charge in [-0.25, -0.2) is 0 Å². The highest BCUT2D eigenvalue weighted by molar-refractivity contribution is 5.59. The Hall–Kier alpha value is -2.76. The first kappa shape index (κ1) is 18.0. The van der Waals surface area contributed by atoms with Crippen molar-refractivity contribution >= 4 is 0 Å². The molecule has 0 spiro atoms. The molecule has 4 N–H and O–H groups in total. The van der Waals surface area contributed by atoms with Gasteiger partial charge in [-0.1, -0.05) is 37.1 Å². The van der Waals surface area contributed by atoms with E-state index in [1.54, 1.807) is 9.13 Å². The molecular weight excluding hydrogens is 380 g/mol. The Bertz CT molecular complexity index is 933. The monoisotopic (exact) mass is 408 g/mol. The minimum atomic E-state index is 0.235. The van der Waals surface area contributed by atoms with E-state index in [2.05, 4.69) is 24.3 Å². The second-order valence-corrected chi connectivity index (χ2v) is 9.33. The van der Waals surface area contributed by atoms with Crippen LogP contribution >= 0.6 is 0 Å². The van der Waals surface area contributed by atoms with Crippen molar-refractivity contribution in [1.82, 2.24) is 9.13 Å². The number of fused-ring (bicyclic) bond motifs is 10. The zero-order valence-corrected chi connectivity index (χ0v) is 17.0. The molecular formula is C24H28N2O4. The lowest BCUT2D eigenvalue weighted by Gasteiger charge is -2.11. The summed E-state index contributed by atoms with van der Waals surface area (Å²) in [6, 6.07) is 0. The number of nitrogens with zero attached hydrogens (tertiary/aromatic N) is 2. The van der Waals surface area contributed by atoms with Gasteiger partial charge in [-0.3, -0.25) is 9.13 Å². The molecule has 0 aliphatic heterocycles. The van der Waals surface area contributed by atoms with Crippen molar-refractivity contribution in [3.63, 3.8) is 0 Å². The predicted molar refractivity (Wildman–Crippen MR) is 112 cm³/mol. The lowest BCUT2D eigenvalue weighted by Crippen LogP contribution is -2.01. The minimum absolute atomic E-state index is 0.235. The largest absolute Gasteiger partial charge is 0.494 e. The van der Waals surface area contributed by atoms with Crippen LogP contribution in [0.5, 0.6) is 23.5 Å². The maximum Gasteiger partial charge on any atom is 0.198 e. The standard InChI is InChI=1S/C24H28N2O4/c27-21-17-13-5-6-14(11-13)18(17)22(28)25(21)9-3-1-2-4-10-26-23(29)19-15-7-8-16(12-15)20(19)24(26)30/h5-8,13-16,27-30H,1-4,9-12H2. The van der Waals surface area contributed by atoms with E-state index in [1.807, 2.05) is 0 Å². The van der Waals surface area contributed by atoms with Crippen LogP contribution in [0, 0.1) is 0 Å². The number of hydrogen-bond donors (Lipinski definition) is 4. The van der Waals surface area contributed by atoms with Crippen molar-refractivity contribution in [2.45, 2.75) is 75.3 Å². The fourth-order valence-corrected chi connectivity index (χ4v) is 6.30. The average molecular weight is 408 g/mol. The highest BCUT2D eigenvalue weighted by Gasteiger charge is 2.41. The summed E-state index contributed by atoms with van der Waals surface area (Å²) < 4.78 is 3.32. The van der Waals surface area contributed by atoms with Gasteiger partial charge >= 0.3 is 0 Å². The number of aromatic hydroxyl groups is 4. The van der Waals surface area contributed by atoms with Gasteiger partial charge in [0.2, 0.25) is 0 Å². The fraction of sp³-hybridized carbons (Fsp3) is 0.500. The highest BCUT2D eigenvalue weighted by atomic mass is 16.3. The van der Waals surface area contributed by atoms with E-state index >= 15 is 0 Å². The Kier molecular flexibility index (Phi) is 3.83. The molecule has 4 unspecified atom stereocenters. The molecule has 0 saturated heterocycles. The molecule has 6 heteroatoms. The summed E-state index contributed by atoms with van der Waals surface area (Å²) in [6.45, 7) is 1.21. The molecule has 4 aliphatic rings. The number of hydrogen-bond acceptors (Lipinski definition) is 4. The van der Waals surface area contributed by atoms with Crippen LogP contribution in [-0.4, -0.2) is 29.6 Å². The van der Waals surface area contributed by atoms with Crippen LogP contribution in [-0.2, 0) is 13.1 Å². The summed E-state index contributed by atoms with van der Waals surface area (Å²) in [5.41, 5.74) is 3.70. The highest BCUT2D eigenvalue weighted by Crippen LogP contribution is 2.57. The molecule has 4 aliphatic carbocycles. The first-order valence-corrected chi connectivity index (χ1v) is 11.2. The van der Waals surface area contributed by atoms with E-state index in [1.165, 1.54) is 0 Å². The van der Waals surface area contributed by atoms with Gasteiger partial charge in [0.1, 0.15) is 0 Å². The predicted octanol–water partition coefficient (Wildman–Crippen LogP) is 4.65. The number of rotatable bonds is 7. The molecule has 6 nitrogen and oxygen atoms in total. The van der Waals surface area contributed by atoms with Crippen molar-refractivity contribution in [2.75, 3.05) is 0 Å². The lowest BCUT2D eigenvalue weighted by molar-refractivity contribution is 0.348. The van der Waals surface area contributed by atoms with Crippen molar-refractivity contribution in [2.24, 2.45) is 0 Å². The van der Waals surface area contributed by atoms with Gasteiger partial charge in [-0.15, -0.1) is 0 Å². The Morgan fingerprint density at radius 3 is 1.13 bits per heavy atom. The van der Waals surface area contributed by atoms with Crippen LogP contribution in [0.3, 0.4) is 0 Å². The molecule has 4 bridgehead atoms. The van der Waals surface area contributed by atoms with Crippen molar-refractivity contribution < 1.29 is 20.4 Å². The topological polar surface area (TPSA) is 90.8 Å². The third-order valence-electron chi connectivity index (χ3n) is 7.73. The second kappa shape index (κ2) is 6.37. The SMILES string of the molecule is Oc1c2c(c(O)n1CCCCCCn1c(O)c3c(c1O)C1C=CC3C1)C1C=CC2C1. The Balaban J connectivity index is 1.03. The molecule has 0 saturated carbocycles. The molecule has 30 heavy (non-hydrogen) atoms. The lowest BCUT2D eigenvalue weighted by atomic mass is 10.0. The van der Waals surface area contributed by atoms with Crippen LogP contribution in [0.2, 0.25) is 0 Å². The molecule has 0 radical (unpaired) electrons. The zero-order valence-electron chi connectivity index (χ0n) is 17.0. The zero-order chi connectivity index (χ0) is 20.6. The molecule has 2 heterocycles. The molecule has 2 aromatic heterocycles. The molecule has 4 atom stereocenters. The fourth-order valence-electron chi connectivity index (χ4n) is 6.30. The van der Waals surface area contributed by atoms with Crippen molar-refractivity contribution in [1.29, 1.82) is 0 Å². The van der Waals surface area contributed by atoms with E-state index in [-0.39, 0.29) is 47.2 Å². The van der Waals surface area contributed by atoms with Crippen molar-refractivity contribution in [3.8, 4) is 23.5 Å². The molecule has 0 fully saturated rings. The van der Waals surface area contributed by atoms with E-state index in [9.17, 15) is 20.4 Å². The Morgan fingerprint density at radius 1 is 0.533 bits per heavy atom. The second-order valence-electron chi connectivity index (χ2n) is 9.33. The van der Waals surface area contributed by atoms with Gasteiger partial charge in [-0.05, 0) is 25.7 Å². The number of allylic oxidation sites excluding steroid dienone is 4. The van der Waals surface area contributed by atoms with E-state index < -0.39 is 0 Å².